The largest absolute Gasteiger partial charge is 0.323 e. The van der Waals surface area contributed by atoms with Crippen LogP contribution in [0.3, 0.4) is 0 Å². The molecule has 4 aromatic rings. The van der Waals surface area contributed by atoms with Crippen molar-refractivity contribution in [3.8, 4) is 33.9 Å². The molecule has 5 nitrogen and oxygen atoms in total. The number of halogens is 2. The van der Waals surface area contributed by atoms with Gasteiger partial charge in [-0.25, -0.2) is 4.98 Å². The zero-order valence-corrected chi connectivity index (χ0v) is 22.0. The van der Waals surface area contributed by atoms with Gasteiger partial charge >= 0.3 is 0 Å². The summed E-state index contributed by atoms with van der Waals surface area (Å²) >= 11 is 7.07. The van der Waals surface area contributed by atoms with Crippen molar-refractivity contribution in [3.63, 3.8) is 0 Å². The molecular formula is C27H25Br2N3O2. The van der Waals surface area contributed by atoms with Crippen molar-refractivity contribution in [3.05, 3.63) is 91.9 Å². The van der Waals surface area contributed by atoms with E-state index in [1.807, 2.05) is 24.3 Å². The first kappa shape index (κ1) is 24.4. The van der Waals surface area contributed by atoms with Gasteiger partial charge in [0.25, 0.3) is 5.69 Å². The number of nitro groups is 1. The van der Waals surface area contributed by atoms with Gasteiger partial charge in [-0.1, -0.05) is 82.3 Å². The third kappa shape index (κ3) is 5.47. The summed E-state index contributed by atoms with van der Waals surface area (Å²) in [5.74, 6) is 0.822. The van der Waals surface area contributed by atoms with Gasteiger partial charge < -0.3 is 4.57 Å². The minimum absolute atomic E-state index is 0.0751. The van der Waals surface area contributed by atoms with Crippen molar-refractivity contribution in [2.45, 2.75) is 39.2 Å². The van der Waals surface area contributed by atoms with Crippen molar-refractivity contribution in [1.82, 2.24) is 9.55 Å². The van der Waals surface area contributed by atoms with Crippen LogP contribution < -0.4 is 0 Å². The number of rotatable bonds is 9. The lowest BCUT2D eigenvalue weighted by Gasteiger charge is -2.14. The molecule has 0 spiro atoms. The van der Waals surface area contributed by atoms with Gasteiger partial charge in [-0.15, -0.1) is 0 Å². The number of unbranched alkanes of at least 4 members (excludes halogenated alkanes) is 3. The molecule has 0 radical (unpaired) electrons. The molecule has 1 heterocycles. The predicted molar refractivity (Wildman–Crippen MR) is 145 cm³/mol. The van der Waals surface area contributed by atoms with Crippen LogP contribution in [0.25, 0.3) is 33.9 Å². The molecule has 0 atom stereocenters. The number of benzene rings is 3. The second-order valence-electron chi connectivity index (χ2n) is 8.16. The molecule has 1 aromatic heterocycles. The lowest BCUT2D eigenvalue weighted by molar-refractivity contribution is -0.384. The van der Waals surface area contributed by atoms with Gasteiger partial charge in [0.15, 0.2) is 0 Å². The third-order valence-electron chi connectivity index (χ3n) is 5.77. The Labute approximate surface area is 216 Å². The number of nitrogens with zero attached hydrogens (tertiary/aromatic N) is 3. The van der Waals surface area contributed by atoms with E-state index in [9.17, 15) is 10.1 Å². The van der Waals surface area contributed by atoms with Crippen LogP contribution >= 0.6 is 31.9 Å². The maximum absolute atomic E-state index is 11.2. The number of nitro benzene ring substituents is 1. The molecule has 0 saturated heterocycles. The molecular weight excluding hydrogens is 558 g/mol. The van der Waals surface area contributed by atoms with E-state index in [1.165, 1.54) is 12.8 Å². The molecule has 174 valence electrons. The van der Waals surface area contributed by atoms with E-state index in [-0.39, 0.29) is 10.6 Å². The molecule has 0 bridgehead atoms. The van der Waals surface area contributed by atoms with Crippen LogP contribution in [0.4, 0.5) is 5.69 Å². The molecule has 0 aliphatic heterocycles. The highest BCUT2D eigenvalue weighted by Crippen LogP contribution is 2.38. The summed E-state index contributed by atoms with van der Waals surface area (Å²) in [6.45, 7) is 3.03. The van der Waals surface area contributed by atoms with E-state index in [4.69, 9.17) is 4.98 Å². The quantitative estimate of drug-likeness (QED) is 0.112. The molecule has 34 heavy (non-hydrogen) atoms. The SMILES string of the molecule is CCCCCCn1c(-c2ccc([N+](=O)[O-])cc2)nc(-c2ccc(Br)cc2)c1-c1ccc(Br)cc1. The smallest absolute Gasteiger partial charge is 0.269 e. The maximum atomic E-state index is 11.2. The normalized spacial score (nSPS) is 11.0. The fraction of sp³-hybridized carbons (Fsp3) is 0.222. The van der Waals surface area contributed by atoms with Crippen molar-refractivity contribution in [2.24, 2.45) is 0 Å². The molecule has 0 aliphatic carbocycles. The molecule has 4 rings (SSSR count). The first-order valence-electron chi connectivity index (χ1n) is 11.3. The Hall–Kier alpha value is -2.77. The number of aromatic nitrogens is 2. The molecule has 7 heteroatoms. The molecule has 0 amide bonds. The summed E-state index contributed by atoms with van der Waals surface area (Å²) < 4.78 is 4.30. The second-order valence-corrected chi connectivity index (χ2v) is 9.99. The summed E-state index contributed by atoms with van der Waals surface area (Å²) in [4.78, 5) is 15.9. The van der Waals surface area contributed by atoms with Gasteiger partial charge in [-0.2, -0.15) is 0 Å². The summed E-state index contributed by atoms with van der Waals surface area (Å²) in [5.41, 5.74) is 5.00. The monoisotopic (exact) mass is 581 g/mol. The Balaban J connectivity index is 1.91. The number of imidazole rings is 1. The van der Waals surface area contributed by atoms with Crippen LogP contribution in [0, 0.1) is 10.1 Å². The summed E-state index contributed by atoms with van der Waals surface area (Å²) in [7, 11) is 0. The number of non-ortho nitro benzene ring substituents is 1. The number of hydrogen-bond donors (Lipinski definition) is 0. The topological polar surface area (TPSA) is 61.0 Å². The Bertz CT molecular complexity index is 1270. The van der Waals surface area contributed by atoms with Crippen LogP contribution in [0.1, 0.15) is 32.6 Å². The van der Waals surface area contributed by atoms with Gasteiger partial charge in [-0.3, -0.25) is 10.1 Å². The highest BCUT2D eigenvalue weighted by molar-refractivity contribution is 9.10. The van der Waals surface area contributed by atoms with Crippen LogP contribution in [-0.2, 0) is 6.54 Å². The summed E-state index contributed by atoms with van der Waals surface area (Å²) in [6.07, 6.45) is 4.53. The van der Waals surface area contributed by atoms with E-state index in [1.54, 1.807) is 24.3 Å². The van der Waals surface area contributed by atoms with E-state index >= 15 is 0 Å². The molecule has 0 saturated carbocycles. The van der Waals surface area contributed by atoms with E-state index in [0.29, 0.717) is 0 Å². The summed E-state index contributed by atoms with van der Waals surface area (Å²) in [6, 6.07) is 23.1. The number of hydrogen-bond acceptors (Lipinski definition) is 3. The van der Waals surface area contributed by atoms with Gasteiger partial charge in [0, 0.05) is 44.3 Å². The van der Waals surface area contributed by atoms with E-state index < -0.39 is 0 Å². The van der Waals surface area contributed by atoms with Crippen LogP contribution in [-0.4, -0.2) is 14.5 Å². The third-order valence-corrected chi connectivity index (χ3v) is 6.83. The average molecular weight is 583 g/mol. The highest BCUT2D eigenvalue weighted by atomic mass is 79.9. The first-order chi connectivity index (χ1) is 16.5. The zero-order valence-electron chi connectivity index (χ0n) is 18.9. The fourth-order valence-electron chi connectivity index (χ4n) is 4.03. The lowest BCUT2D eigenvalue weighted by Crippen LogP contribution is -2.03. The zero-order chi connectivity index (χ0) is 24.1. The van der Waals surface area contributed by atoms with Crippen molar-refractivity contribution in [1.29, 1.82) is 0 Å². The highest BCUT2D eigenvalue weighted by Gasteiger charge is 2.21. The molecule has 0 fully saturated rings. The lowest BCUT2D eigenvalue weighted by atomic mass is 10.0. The molecule has 3 aromatic carbocycles. The standard InChI is InChI=1S/C27H25Br2N3O2/c1-2-3-4-5-18-31-26(20-8-14-23(29)15-9-20)25(19-6-12-22(28)13-7-19)30-27(31)21-10-16-24(17-11-21)32(33)34/h6-17H,2-5,18H2,1H3. The summed E-state index contributed by atoms with van der Waals surface area (Å²) in [5, 5.41) is 11.2. The second kappa shape index (κ2) is 11.1. The first-order valence-corrected chi connectivity index (χ1v) is 12.9. The minimum atomic E-state index is -0.373. The van der Waals surface area contributed by atoms with Crippen molar-refractivity contribution >= 4 is 37.5 Å². The minimum Gasteiger partial charge on any atom is -0.323 e. The van der Waals surface area contributed by atoms with E-state index in [2.05, 4.69) is 67.6 Å². The van der Waals surface area contributed by atoms with Crippen molar-refractivity contribution < 1.29 is 4.92 Å². The van der Waals surface area contributed by atoms with Crippen LogP contribution in [0.15, 0.2) is 81.7 Å². The Kier molecular flexibility index (Phi) is 7.95. The van der Waals surface area contributed by atoms with Gasteiger partial charge in [-0.05, 0) is 42.8 Å². The van der Waals surface area contributed by atoms with Gasteiger partial charge in [0.2, 0.25) is 0 Å². The predicted octanol–water partition coefficient (Wildman–Crippen LogP) is 8.90. The van der Waals surface area contributed by atoms with Gasteiger partial charge in [0.05, 0.1) is 16.3 Å². The Morgan fingerprint density at radius 2 is 1.35 bits per heavy atom. The van der Waals surface area contributed by atoms with Crippen LogP contribution in [0.5, 0.6) is 0 Å². The molecule has 0 aliphatic rings. The van der Waals surface area contributed by atoms with Crippen LogP contribution in [0.2, 0.25) is 0 Å². The Morgan fingerprint density at radius 3 is 1.91 bits per heavy atom. The fourth-order valence-corrected chi connectivity index (χ4v) is 4.56. The molecule has 0 unspecified atom stereocenters. The van der Waals surface area contributed by atoms with Crippen molar-refractivity contribution in [2.75, 3.05) is 0 Å². The maximum Gasteiger partial charge on any atom is 0.269 e. The van der Waals surface area contributed by atoms with Gasteiger partial charge in [0.1, 0.15) is 5.82 Å². The average Bonchev–Trinajstić information content (AvgIpc) is 3.22. The Morgan fingerprint density at radius 1 is 0.794 bits per heavy atom. The van der Waals surface area contributed by atoms with E-state index in [0.717, 1.165) is 62.2 Å². The molecule has 0 N–H and O–H groups in total.